The molecule has 2 aromatic carbocycles. The molecule has 0 bridgehead atoms. The molecule has 0 saturated carbocycles. The largest absolute Gasteiger partial charge is 0.452 e. The van der Waals surface area contributed by atoms with E-state index in [2.05, 4.69) is 78.9 Å². The maximum Gasteiger partial charge on any atom is 0.203 e. The number of rotatable bonds is 0. The van der Waals surface area contributed by atoms with Gasteiger partial charge in [0.2, 0.25) is 5.36 Å². The van der Waals surface area contributed by atoms with E-state index in [0.717, 1.165) is 27.9 Å². The van der Waals surface area contributed by atoms with Crippen molar-refractivity contribution >= 4 is 38.2 Å². The number of nitrogens with zero attached hydrogens (tertiary/aromatic N) is 3. The summed E-state index contributed by atoms with van der Waals surface area (Å²) in [5.41, 5.74) is 6.27. The molecule has 1 aromatic heterocycles. The van der Waals surface area contributed by atoms with E-state index in [0.29, 0.717) is 0 Å². The third-order valence-electron chi connectivity index (χ3n) is 6.65. The van der Waals surface area contributed by atoms with Crippen LogP contribution in [0.2, 0.25) is 0 Å². The average molecular weight is 427 g/mol. The highest BCUT2D eigenvalue weighted by Gasteiger charge is 2.38. The van der Waals surface area contributed by atoms with Crippen molar-refractivity contribution in [3.05, 3.63) is 65.5 Å². The van der Waals surface area contributed by atoms with Crippen LogP contribution in [0.5, 0.6) is 0 Å². The van der Waals surface area contributed by atoms with Crippen molar-refractivity contribution in [3.63, 3.8) is 0 Å². The minimum Gasteiger partial charge on any atom is -0.452 e. The summed E-state index contributed by atoms with van der Waals surface area (Å²) >= 11 is 1.87. The zero-order chi connectivity index (χ0) is 21.5. The molecule has 0 saturated heterocycles. The Bertz CT molecular complexity index is 1550. The van der Waals surface area contributed by atoms with E-state index < -0.39 is 0 Å². The maximum atomic E-state index is 6.35. The third kappa shape index (κ3) is 2.53. The molecule has 0 spiro atoms. The van der Waals surface area contributed by atoms with Gasteiger partial charge in [-0.25, -0.2) is 9.56 Å². The summed E-state index contributed by atoms with van der Waals surface area (Å²) < 4.78 is 9.76. The van der Waals surface area contributed by atoms with Crippen LogP contribution in [-0.2, 0) is 5.54 Å². The van der Waals surface area contributed by atoms with Gasteiger partial charge in [-0.3, -0.25) is 0 Å². The van der Waals surface area contributed by atoms with Crippen molar-refractivity contribution in [2.24, 2.45) is 0 Å². The number of fused-ring (bicyclic) bond motifs is 7. The summed E-state index contributed by atoms with van der Waals surface area (Å²) in [6.07, 6.45) is 0. The molecule has 5 heteroatoms. The van der Waals surface area contributed by atoms with Gasteiger partial charge in [0.1, 0.15) is 25.3 Å². The van der Waals surface area contributed by atoms with Gasteiger partial charge in [-0.15, -0.1) is 11.3 Å². The highest BCUT2D eigenvalue weighted by molar-refractivity contribution is 7.22. The minimum atomic E-state index is -0.127. The van der Waals surface area contributed by atoms with Crippen LogP contribution < -0.4 is 14.8 Å². The second-order valence-electron chi connectivity index (χ2n) is 9.02. The van der Waals surface area contributed by atoms with Gasteiger partial charge in [-0.1, -0.05) is 18.2 Å². The molecule has 0 radical (unpaired) electrons. The first kappa shape index (κ1) is 18.6. The molecule has 2 aliphatic heterocycles. The van der Waals surface area contributed by atoms with Gasteiger partial charge in [0.15, 0.2) is 11.3 Å². The summed E-state index contributed by atoms with van der Waals surface area (Å²) in [4.78, 5) is 8.66. The number of aromatic nitrogens is 1. The van der Waals surface area contributed by atoms with Crippen molar-refractivity contribution in [1.82, 2.24) is 9.56 Å². The van der Waals surface area contributed by atoms with Gasteiger partial charge in [0, 0.05) is 45.6 Å². The Hall–Kier alpha value is -3.18. The number of benzene rings is 3. The lowest BCUT2D eigenvalue weighted by molar-refractivity contribution is 0.516. The number of anilines is 1. The van der Waals surface area contributed by atoms with Gasteiger partial charge >= 0.3 is 0 Å². The van der Waals surface area contributed by atoms with Crippen LogP contribution in [0.1, 0.15) is 19.4 Å². The van der Waals surface area contributed by atoms with Crippen LogP contribution in [0, 0.1) is 0 Å². The molecular weight excluding hydrogens is 402 g/mol. The molecule has 0 unspecified atom stereocenters. The van der Waals surface area contributed by atoms with E-state index in [1.165, 1.54) is 31.8 Å². The van der Waals surface area contributed by atoms with Crippen LogP contribution >= 0.6 is 11.3 Å². The first-order chi connectivity index (χ1) is 14.8. The Morgan fingerprint density at radius 1 is 1.03 bits per heavy atom. The van der Waals surface area contributed by atoms with Gasteiger partial charge < -0.3 is 9.32 Å². The Morgan fingerprint density at radius 2 is 1.84 bits per heavy atom. The molecular formula is C26H24N3OS+. The lowest BCUT2D eigenvalue weighted by Crippen LogP contribution is -2.41. The predicted molar refractivity (Wildman–Crippen MR) is 130 cm³/mol. The molecule has 31 heavy (non-hydrogen) atoms. The maximum absolute atomic E-state index is 6.35. The molecule has 3 heterocycles. The zero-order valence-electron chi connectivity index (χ0n) is 18.4. The summed E-state index contributed by atoms with van der Waals surface area (Å²) in [5.74, 6) is 0.805. The number of hydrogen-bond acceptors (Lipinski definition) is 4. The quantitative estimate of drug-likeness (QED) is 0.241. The Morgan fingerprint density at radius 3 is 2.65 bits per heavy atom. The SMILES string of the molecule is CN1c2cc3oc4cc(=[N+](C)C)ccc-4nc3cc2-c2sc3ccccc3c2C1(C)C. The lowest BCUT2D eigenvalue weighted by Gasteiger charge is -2.43. The first-order valence-electron chi connectivity index (χ1n) is 10.5. The molecule has 0 N–H and O–H groups in total. The van der Waals surface area contributed by atoms with E-state index in [1.54, 1.807) is 0 Å². The average Bonchev–Trinajstić information content (AvgIpc) is 3.15. The van der Waals surface area contributed by atoms with Gasteiger partial charge in [-0.05, 0) is 37.4 Å². The summed E-state index contributed by atoms with van der Waals surface area (Å²) in [7, 11) is 6.25. The fourth-order valence-electron chi connectivity index (χ4n) is 4.70. The fourth-order valence-corrected chi connectivity index (χ4v) is 6.08. The van der Waals surface area contributed by atoms with Gasteiger partial charge in [0.05, 0.1) is 11.6 Å². The third-order valence-corrected chi connectivity index (χ3v) is 7.85. The van der Waals surface area contributed by atoms with E-state index in [9.17, 15) is 0 Å². The molecule has 4 nitrogen and oxygen atoms in total. The first-order valence-corrected chi connectivity index (χ1v) is 11.3. The van der Waals surface area contributed by atoms with Crippen molar-refractivity contribution in [1.29, 1.82) is 0 Å². The molecule has 0 atom stereocenters. The van der Waals surface area contributed by atoms with Crippen LogP contribution in [0.4, 0.5) is 5.69 Å². The minimum absolute atomic E-state index is 0.127. The van der Waals surface area contributed by atoms with E-state index >= 15 is 0 Å². The number of hydrogen-bond donors (Lipinski definition) is 0. The summed E-state index contributed by atoms with van der Waals surface area (Å²) in [6, 6.07) is 19.3. The zero-order valence-corrected chi connectivity index (χ0v) is 19.2. The van der Waals surface area contributed by atoms with Crippen molar-refractivity contribution in [2.45, 2.75) is 19.4 Å². The molecule has 6 rings (SSSR count). The van der Waals surface area contributed by atoms with Crippen LogP contribution in [0.25, 0.3) is 43.1 Å². The summed E-state index contributed by atoms with van der Waals surface area (Å²) in [5, 5.41) is 2.45. The standard InChI is InChI=1S/C26H24N3OS/c1-26(2)24-16-8-6-7-9-23(16)31-25(24)17-13-19-22(14-20(17)29(26)5)30-21-12-15(28(3)4)10-11-18(21)27-19/h6-14H,1-5H3/q+1. The summed E-state index contributed by atoms with van der Waals surface area (Å²) in [6.45, 7) is 4.61. The molecule has 3 aromatic rings. The van der Waals surface area contributed by atoms with Gasteiger partial charge in [0.25, 0.3) is 0 Å². The highest BCUT2D eigenvalue weighted by Crippen LogP contribution is 2.54. The topological polar surface area (TPSA) is 32.3 Å². The lowest BCUT2D eigenvalue weighted by atomic mass is 9.83. The van der Waals surface area contributed by atoms with Crippen molar-refractivity contribution < 1.29 is 4.42 Å². The Kier molecular flexibility index (Phi) is 3.70. The van der Waals surface area contributed by atoms with E-state index in [4.69, 9.17) is 9.40 Å². The van der Waals surface area contributed by atoms with Crippen LogP contribution in [-0.4, -0.2) is 26.1 Å². The fraction of sp³-hybridized carbons (Fsp3) is 0.231. The van der Waals surface area contributed by atoms with Crippen molar-refractivity contribution in [3.8, 4) is 21.9 Å². The normalized spacial score (nSPS) is 14.8. The monoisotopic (exact) mass is 426 g/mol. The van der Waals surface area contributed by atoms with Crippen LogP contribution in [0.3, 0.4) is 0 Å². The second kappa shape index (κ2) is 6.17. The molecule has 1 aliphatic carbocycles. The molecule has 3 aliphatic rings. The highest BCUT2D eigenvalue weighted by atomic mass is 32.1. The molecule has 154 valence electrons. The second-order valence-corrected chi connectivity index (χ2v) is 10.1. The Balaban J connectivity index is 1.69. The molecule has 0 amide bonds. The van der Waals surface area contributed by atoms with Gasteiger partial charge in [-0.2, -0.15) is 0 Å². The van der Waals surface area contributed by atoms with Crippen molar-refractivity contribution in [2.75, 3.05) is 26.0 Å². The Labute approximate surface area is 185 Å². The van der Waals surface area contributed by atoms with E-state index in [1.807, 2.05) is 31.5 Å². The van der Waals surface area contributed by atoms with E-state index in [-0.39, 0.29) is 5.54 Å². The number of thiophene rings is 1. The molecule has 0 fully saturated rings. The van der Waals surface area contributed by atoms with Crippen LogP contribution in [0.15, 0.2) is 59.0 Å². The predicted octanol–water partition coefficient (Wildman–Crippen LogP) is 5.53. The smallest absolute Gasteiger partial charge is 0.203 e.